The van der Waals surface area contributed by atoms with E-state index in [9.17, 15) is 15.2 Å². The first-order chi connectivity index (χ1) is 11.7. The second kappa shape index (κ2) is 6.67. The zero-order valence-electron chi connectivity index (χ0n) is 12.5. The topological polar surface area (TPSA) is 102 Å². The van der Waals surface area contributed by atoms with E-state index in [-0.39, 0.29) is 0 Å². The summed E-state index contributed by atoms with van der Waals surface area (Å²) >= 11 is 0. The number of ether oxygens (including phenoxy) is 1. The second-order valence-electron chi connectivity index (χ2n) is 5.01. The summed E-state index contributed by atoms with van der Waals surface area (Å²) in [5, 5.41) is 19.9. The van der Waals surface area contributed by atoms with E-state index in [1.807, 2.05) is 24.3 Å². The fourth-order valence-corrected chi connectivity index (χ4v) is 2.24. The zero-order chi connectivity index (χ0) is 16.9. The van der Waals surface area contributed by atoms with E-state index < -0.39 is 12.6 Å². The van der Waals surface area contributed by atoms with E-state index in [1.165, 1.54) is 0 Å². The van der Waals surface area contributed by atoms with E-state index in [2.05, 4.69) is 16.0 Å². The number of carbonyl (C=O) groups is 1. The summed E-state index contributed by atoms with van der Waals surface area (Å²) in [5.74, 6) is -0.439. The molecule has 1 heterocycles. The van der Waals surface area contributed by atoms with E-state index >= 15 is 0 Å². The average Bonchev–Trinajstić information content (AvgIpc) is 3.02. The molecule has 0 fully saturated rings. The molecule has 0 saturated heterocycles. The Balaban J connectivity index is 1.91. The summed E-state index contributed by atoms with van der Waals surface area (Å²) in [6.07, 6.45) is 1.66. The first kappa shape index (κ1) is 15.3. The molecule has 0 atom stereocenters. The lowest BCUT2D eigenvalue weighted by Crippen LogP contribution is -2.28. The minimum atomic E-state index is -1.30. The molecule has 1 aromatic heterocycles. The maximum atomic E-state index is 10.4. The van der Waals surface area contributed by atoms with Crippen LogP contribution in [0.15, 0.2) is 48.5 Å². The Kier molecular flexibility index (Phi) is 4.25. The van der Waals surface area contributed by atoms with Gasteiger partial charge in [-0.05, 0) is 35.9 Å². The Morgan fingerprint density at radius 1 is 1.29 bits per heavy atom. The van der Waals surface area contributed by atoms with Crippen LogP contribution in [0.4, 0.5) is 0 Å². The summed E-state index contributed by atoms with van der Waals surface area (Å²) < 4.78 is 5.08. The molecule has 0 aliphatic rings. The molecule has 2 aromatic carbocycles. The molecule has 6 nitrogen and oxygen atoms in total. The molecular weight excluding hydrogens is 306 g/mol. The summed E-state index contributed by atoms with van der Waals surface area (Å²) in [4.78, 5) is 17.9. The molecule has 0 unspecified atom stereocenters. The number of aromatic nitrogens is 2. The third-order valence-electron chi connectivity index (χ3n) is 3.29. The van der Waals surface area contributed by atoms with Gasteiger partial charge in [0.15, 0.2) is 0 Å². The van der Waals surface area contributed by atoms with Gasteiger partial charge >= 0.3 is 0 Å². The molecule has 0 aliphatic carbocycles. The van der Waals surface area contributed by atoms with Crippen LogP contribution in [-0.2, 0) is 4.79 Å². The summed E-state index contributed by atoms with van der Waals surface area (Å²) in [5.41, 5.74) is 2.69. The molecule has 6 heteroatoms. The number of para-hydroxylation sites is 2. The third kappa shape index (κ3) is 3.42. The van der Waals surface area contributed by atoms with Gasteiger partial charge in [0, 0.05) is 0 Å². The number of nitrogens with zero attached hydrogens (tertiary/aromatic N) is 2. The number of rotatable bonds is 5. The van der Waals surface area contributed by atoms with E-state index in [0.717, 1.165) is 11.0 Å². The lowest BCUT2D eigenvalue weighted by Gasteiger charge is -2.07. The van der Waals surface area contributed by atoms with Crippen molar-refractivity contribution in [3.63, 3.8) is 0 Å². The minimum absolute atomic E-state index is 0.364. The number of H-pyrrole nitrogens is 1. The largest absolute Gasteiger partial charge is 0.546 e. The number of hydrogen-bond donors (Lipinski definition) is 1. The second-order valence-corrected chi connectivity index (χ2v) is 5.01. The number of fused-ring (bicyclic) bond motifs is 1. The van der Waals surface area contributed by atoms with Gasteiger partial charge in [0.1, 0.15) is 24.3 Å². The van der Waals surface area contributed by atoms with Crippen molar-refractivity contribution in [2.45, 2.75) is 0 Å². The lowest BCUT2D eigenvalue weighted by atomic mass is 10.1. The number of aliphatic carboxylic acids is 1. The maximum Gasteiger partial charge on any atom is 0.149 e. The van der Waals surface area contributed by atoms with Crippen molar-refractivity contribution in [2.75, 3.05) is 6.61 Å². The quantitative estimate of drug-likeness (QED) is 0.722. The number of nitrogens with one attached hydrogen (secondary N) is 1. The number of hydrogen-bond acceptors (Lipinski definition) is 5. The van der Waals surface area contributed by atoms with Crippen LogP contribution in [0.5, 0.6) is 5.75 Å². The monoisotopic (exact) mass is 318 g/mol. The molecule has 118 valence electrons. The first-order valence-corrected chi connectivity index (χ1v) is 7.15. The Bertz CT molecular complexity index is 934. The predicted octanol–water partition coefficient (Wildman–Crippen LogP) is 1.76. The molecule has 0 amide bonds. The van der Waals surface area contributed by atoms with Gasteiger partial charge in [0.25, 0.3) is 0 Å². The molecular formula is C18H12N3O3-. The van der Waals surface area contributed by atoms with Crippen LogP contribution in [0.2, 0.25) is 0 Å². The van der Waals surface area contributed by atoms with Crippen molar-refractivity contribution in [3.05, 3.63) is 59.9 Å². The highest BCUT2D eigenvalue weighted by Crippen LogP contribution is 2.21. The highest BCUT2D eigenvalue weighted by atomic mass is 16.5. The standard InChI is InChI=1S/C18H13N3O3/c19-10-13(18-20-15-6-1-2-7-16(15)21-18)8-12-4-3-5-14(9-12)24-11-17(22)23/h1-9H,11H2,(H,20,21)(H,22,23)/p-1/b13-8+. The highest BCUT2D eigenvalue weighted by molar-refractivity contribution is 5.90. The van der Waals surface area contributed by atoms with Crippen molar-refractivity contribution in [2.24, 2.45) is 0 Å². The number of aromatic amines is 1. The van der Waals surface area contributed by atoms with Crippen molar-refractivity contribution in [1.29, 1.82) is 5.26 Å². The Morgan fingerprint density at radius 3 is 2.88 bits per heavy atom. The molecule has 0 bridgehead atoms. The third-order valence-corrected chi connectivity index (χ3v) is 3.29. The maximum absolute atomic E-state index is 10.4. The molecule has 3 aromatic rings. The Hall–Kier alpha value is -3.59. The van der Waals surface area contributed by atoms with Gasteiger partial charge < -0.3 is 19.6 Å². The molecule has 0 radical (unpaired) electrons. The van der Waals surface area contributed by atoms with Gasteiger partial charge in [-0.3, -0.25) is 0 Å². The fraction of sp³-hybridized carbons (Fsp3) is 0.0556. The fourth-order valence-electron chi connectivity index (χ4n) is 2.24. The van der Waals surface area contributed by atoms with Gasteiger partial charge in [-0.15, -0.1) is 0 Å². The Labute approximate surface area is 137 Å². The van der Waals surface area contributed by atoms with Crippen LogP contribution in [0.25, 0.3) is 22.7 Å². The predicted molar refractivity (Wildman–Crippen MR) is 86.5 cm³/mol. The molecule has 24 heavy (non-hydrogen) atoms. The van der Waals surface area contributed by atoms with E-state index in [1.54, 1.807) is 30.3 Å². The summed E-state index contributed by atoms with van der Waals surface area (Å²) in [6.45, 7) is -0.526. The van der Waals surface area contributed by atoms with Crippen LogP contribution in [0.1, 0.15) is 11.4 Å². The smallest absolute Gasteiger partial charge is 0.149 e. The Morgan fingerprint density at radius 2 is 2.12 bits per heavy atom. The van der Waals surface area contributed by atoms with E-state index in [0.29, 0.717) is 22.7 Å². The summed E-state index contributed by atoms with van der Waals surface area (Å²) in [7, 11) is 0. The van der Waals surface area contributed by atoms with E-state index in [4.69, 9.17) is 4.74 Å². The molecule has 1 N–H and O–H groups in total. The zero-order valence-corrected chi connectivity index (χ0v) is 12.5. The van der Waals surface area contributed by atoms with Crippen molar-refractivity contribution in [1.82, 2.24) is 9.97 Å². The van der Waals surface area contributed by atoms with Crippen LogP contribution in [0, 0.1) is 11.3 Å². The highest BCUT2D eigenvalue weighted by Gasteiger charge is 2.07. The normalized spacial score (nSPS) is 11.2. The molecule has 0 spiro atoms. The molecule has 3 rings (SSSR count). The number of benzene rings is 2. The minimum Gasteiger partial charge on any atom is -0.546 e. The van der Waals surface area contributed by atoms with Gasteiger partial charge in [-0.1, -0.05) is 24.3 Å². The van der Waals surface area contributed by atoms with Gasteiger partial charge in [0.2, 0.25) is 0 Å². The summed E-state index contributed by atoms with van der Waals surface area (Å²) in [6, 6.07) is 16.4. The van der Waals surface area contributed by atoms with Gasteiger partial charge in [-0.25, -0.2) is 4.98 Å². The number of carboxylic acid groups (broad SMARTS) is 1. The number of nitriles is 1. The molecule has 0 aliphatic heterocycles. The SMILES string of the molecule is N#C/C(=C\c1cccc(OCC(=O)[O-])c1)c1nc2ccccc2[nH]1. The number of carboxylic acids is 1. The van der Waals surface area contributed by atoms with Crippen LogP contribution < -0.4 is 9.84 Å². The molecule has 0 saturated carbocycles. The van der Waals surface area contributed by atoms with Gasteiger partial charge in [0.05, 0.1) is 22.6 Å². The van der Waals surface area contributed by atoms with Crippen molar-refractivity contribution < 1.29 is 14.6 Å². The van der Waals surface area contributed by atoms with Crippen molar-refractivity contribution >= 4 is 28.7 Å². The van der Waals surface area contributed by atoms with Crippen LogP contribution >= 0.6 is 0 Å². The van der Waals surface area contributed by atoms with Gasteiger partial charge in [-0.2, -0.15) is 5.26 Å². The number of imidazole rings is 1. The first-order valence-electron chi connectivity index (χ1n) is 7.15. The van der Waals surface area contributed by atoms with Crippen LogP contribution in [-0.4, -0.2) is 22.5 Å². The number of allylic oxidation sites excluding steroid dienone is 1. The lowest BCUT2D eigenvalue weighted by molar-refractivity contribution is -0.307. The van der Waals surface area contributed by atoms with Crippen LogP contribution in [0.3, 0.4) is 0 Å². The average molecular weight is 318 g/mol. The number of carbonyl (C=O) groups excluding carboxylic acids is 1. The van der Waals surface area contributed by atoms with Crippen molar-refractivity contribution in [3.8, 4) is 11.8 Å².